The Hall–Kier alpha value is -1.33. The number of hydrogen-bond acceptors (Lipinski definition) is 8. The normalized spacial score (nSPS) is 41.9. The molecule has 1 saturated heterocycles. The summed E-state index contributed by atoms with van der Waals surface area (Å²) in [5, 5.41) is 24.9. The van der Waals surface area contributed by atoms with Gasteiger partial charge >= 0.3 is 7.60 Å². The molecule has 11 nitrogen and oxygen atoms in total. The highest BCUT2D eigenvalue weighted by Crippen LogP contribution is 2.67. The minimum Gasteiger partial charge on any atom is -0.388 e. The highest BCUT2D eigenvalue weighted by Gasteiger charge is 2.60. The Balaban J connectivity index is 1.31. The number of aromatic nitrogens is 4. The first-order chi connectivity index (χ1) is 16.8. The third-order valence-electron chi connectivity index (χ3n) is 8.72. The lowest BCUT2D eigenvalue weighted by atomic mass is 9.43. The highest BCUT2D eigenvalue weighted by molar-refractivity contribution is 7.51. The molecule has 4 saturated carbocycles. The molecule has 8 atom stereocenters. The number of imidazole rings is 1. The molecule has 3 heterocycles. The number of nitrogens with zero attached hydrogens (tertiary/aromatic N) is 4. The van der Waals surface area contributed by atoms with Gasteiger partial charge in [-0.15, -0.1) is 0 Å². The van der Waals surface area contributed by atoms with Crippen LogP contribution in [0.5, 0.6) is 0 Å². The van der Waals surface area contributed by atoms with Crippen molar-refractivity contribution in [3.05, 3.63) is 11.6 Å². The van der Waals surface area contributed by atoms with E-state index in [0.29, 0.717) is 33.7 Å². The van der Waals surface area contributed by atoms with Crippen molar-refractivity contribution < 1.29 is 29.3 Å². The van der Waals surface area contributed by atoms with Crippen molar-refractivity contribution in [1.82, 2.24) is 19.5 Å². The topological polar surface area (TPSA) is 163 Å². The fourth-order valence-electron chi connectivity index (χ4n) is 8.49. The van der Waals surface area contributed by atoms with Crippen LogP contribution in [-0.4, -0.2) is 69.5 Å². The van der Waals surface area contributed by atoms with Gasteiger partial charge in [0.1, 0.15) is 12.2 Å². The van der Waals surface area contributed by atoms with Crippen LogP contribution in [0.1, 0.15) is 65.0 Å². The lowest BCUT2D eigenvalue weighted by molar-refractivity contribution is -0.0973. The van der Waals surface area contributed by atoms with Crippen molar-refractivity contribution in [2.24, 2.45) is 16.7 Å². The summed E-state index contributed by atoms with van der Waals surface area (Å²) in [4.78, 5) is 31.7. The number of aliphatic hydroxyl groups excluding tert-OH is 2. The SMILES string of the molecule is C[C@]12CC3CC(Nc4nc(Cl)nc5c4ncn5[C@@H]4O[C@H](CCP(=O)(O)O)[C@H](O)C4O)(C1)C[C@@](C)(C3)C2. The Morgan fingerprint density at radius 3 is 2.47 bits per heavy atom. The molecule has 0 radical (unpaired) electrons. The Bertz CT molecular complexity index is 1240. The second kappa shape index (κ2) is 8.09. The molecule has 2 aromatic rings. The summed E-state index contributed by atoms with van der Waals surface area (Å²) in [5.41, 5.74) is 1.36. The Morgan fingerprint density at radius 2 is 1.83 bits per heavy atom. The van der Waals surface area contributed by atoms with Gasteiger partial charge in [-0.2, -0.15) is 9.97 Å². The third-order valence-corrected chi connectivity index (χ3v) is 9.73. The van der Waals surface area contributed by atoms with Gasteiger partial charge < -0.3 is 30.1 Å². The number of anilines is 1. The Kier molecular flexibility index (Phi) is 5.61. The van der Waals surface area contributed by atoms with Crippen molar-refractivity contribution in [2.45, 2.75) is 88.9 Å². The van der Waals surface area contributed by atoms with Gasteiger partial charge in [0.15, 0.2) is 23.2 Å². The van der Waals surface area contributed by atoms with E-state index in [9.17, 15) is 24.6 Å². The van der Waals surface area contributed by atoms with Crippen LogP contribution in [0.3, 0.4) is 0 Å². The van der Waals surface area contributed by atoms with Gasteiger partial charge in [0.05, 0.1) is 18.6 Å². The van der Waals surface area contributed by atoms with E-state index < -0.39 is 38.3 Å². The second-order valence-corrected chi connectivity index (χ2v) is 14.5. The summed E-state index contributed by atoms with van der Waals surface area (Å²) in [6.45, 7) is 4.80. The van der Waals surface area contributed by atoms with Crippen molar-refractivity contribution in [2.75, 3.05) is 11.5 Å². The molecular weight excluding hydrogens is 509 g/mol. The molecule has 0 amide bonds. The highest BCUT2D eigenvalue weighted by atomic mass is 35.5. The number of rotatable bonds is 6. The van der Waals surface area contributed by atoms with Gasteiger partial charge in [-0.25, -0.2) is 4.98 Å². The van der Waals surface area contributed by atoms with Crippen LogP contribution in [0.25, 0.3) is 11.2 Å². The number of ether oxygens (including phenoxy) is 1. The van der Waals surface area contributed by atoms with Crippen LogP contribution in [-0.2, 0) is 9.30 Å². The minimum atomic E-state index is -4.27. The fourth-order valence-corrected chi connectivity index (χ4v) is 9.25. The van der Waals surface area contributed by atoms with Gasteiger partial charge in [-0.1, -0.05) is 13.8 Å². The molecule has 1 aliphatic heterocycles. The third kappa shape index (κ3) is 4.26. The van der Waals surface area contributed by atoms with E-state index in [1.54, 1.807) is 0 Å². The first-order valence-electron chi connectivity index (χ1n) is 12.5. The van der Waals surface area contributed by atoms with Gasteiger partial charge in [0.25, 0.3) is 0 Å². The molecule has 36 heavy (non-hydrogen) atoms. The van der Waals surface area contributed by atoms with Crippen LogP contribution in [0.15, 0.2) is 6.33 Å². The first-order valence-corrected chi connectivity index (χ1v) is 14.7. The lowest BCUT2D eigenvalue weighted by Crippen LogP contribution is -2.61. The molecule has 7 rings (SSSR count). The van der Waals surface area contributed by atoms with Crippen molar-refractivity contribution in [3.63, 3.8) is 0 Å². The van der Waals surface area contributed by atoms with E-state index in [1.165, 1.54) is 30.2 Å². The smallest absolute Gasteiger partial charge is 0.325 e. The predicted molar refractivity (Wildman–Crippen MR) is 132 cm³/mol. The number of nitrogens with one attached hydrogen (secondary N) is 1. The number of aliphatic hydroxyl groups is 2. The molecule has 4 bridgehead atoms. The summed E-state index contributed by atoms with van der Waals surface area (Å²) in [6.07, 6.45) is 3.26. The monoisotopic (exact) mass is 541 g/mol. The molecule has 2 aromatic heterocycles. The summed E-state index contributed by atoms with van der Waals surface area (Å²) in [6, 6.07) is 0. The van der Waals surface area contributed by atoms with E-state index in [1.807, 2.05) is 0 Å². The molecule has 4 aliphatic carbocycles. The summed E-state index contributed by atoms with van der Waals surface area (Å²) >= 11 is 6.35. The second-order valence-electron chi connectivity index (χ2n) is 12.4. The number of fused-ring (bicyclic) bond motifs is 1. The average Bonchev–Trinajstić information content (AvgIpc) is 3.24. The maximum atomic E-state index is 11.3. The van der Waals surface area contributed by atoms with Crippen LogP contribution in [0.4, 0.5) is 5.82 Å². The van der Waals surface area contributed by atoms with E-state index >= 15 is 0 Å². The van der Waals surface area contributed by atoms with Crippen LogP contribution in [0.2, 0.25) is 5.28 Å². The summed E-state index contributed by atoms with van der Waals surface area (Å²) in [5.74, 6) is 1.23. The maximum absolute atomic E-state index is 11.3. The first kappa shape index (κ1) is 25.0. The summed E-state index contributed by atoms with van der Waals surface area (Å²) in [7, 11) is -4.27. The van der Waals surface area contributed by atoms with Gasteiger partial charge in [0, 0.05) is 5.54 Å². The van der Waals surface area contributed by atoms with Crippen molar-refractivity contribution in [3.8, 4) is 0 Å². The fraction of sp³-hybridized carbons (Fsp3) is 0.783. The zero-order valence-corrected chi connectivity index (χ0v) is 22.0. The number of hydrogen-bond donors (Lipinski definition) is 5. The molecule has 198 valence electrons. The molecule has 5 N–H and O–H groups in total. The van der Waals surface area contributed by atoms with E-state index in [2.05, 4.69) is 34.1 Å². The number of halogens is 1. The predicted octanol–water partition coefficient (Wildman–Crippen LogP) is 2.83. The van der Waals surface area contributed by atoms with Crippen LogP contribution >= 0.6 is 19.2 Å². The van der Waals surface area contributed by atoms with Gasteiger partial charge in [0.2, 0.25) is 5.28 Å². The maximum Gasteiger partial charge on any atom is 0.325 e. The minimum absolute atomic E-state index is 0.0278. The molecule has 13 heteroatoms. The largest absolute Gasteiger partial charge is 0.388 e. The Morgan fingerprint density at radius 1 is 1.14 bits per heavy atom. The average molecular weight is 542 g/mol. The molecule has 0 aromatic carbocycles. The van der Waals surface area contributed by atoms with Crippen molar-refractivity contribution >= 4 is 36.2 Å². The zero-order chi connectivity index (χ0) is 25.7. The molecule has 5 fully saturated rings. The zero-order valence-electron chi connectivity index (χ0n) is 20.3. The molecule has 5 aliphatic rings. The standard InChI is InChI=1S/C23H33ClN5O6P/c1-21-5-12-6-22(2,8-21)10-23(7-12,9-21)28-17-14-18(27-20(24)26-17)29(11-25-14)19-16(31)15(30)13(35-19)3-4-36(32,33)34/h11-13,15-16,19,30-31H,3-10H2,1-2H3,(H,26,27,28)(H2,32,33,34)/t12?,13-,15+,16?,19-,21-,22+,23?/m1/s1. The van der Waals surface area contributed by atoms with E-state index in [-0.39, 0.29) is 17.2 Å². The van der Waals surface area contributed by atoms with Crippen LogP contribution < -0.4 is 5.32 Å². The molecule has 3 unspecified atom stereocenters. The lowest BCUT2D eigenvalue weighted by Gasteiger charge is -2.65. The summed E-state index contributed by atoms with van der Waals surface area (Å²) < 4.78 is 18.6. The van der Waals surface area contributed by atoms with Crippen LogP contribution in [0, 0.1) is 16.7 Å². The van der Waals surface area contributed by atoms with Crippen molar-refractivity contribution in [1.29, 1.82) is 0 Å². The van der Waals surface area contributed by atoms with E-state index in [4.69, 9.17) is 16.3 Å². The molecule has 0 spiro atoms. The quantitative estimate of drug-likeness (QED) is 0.271. The van der Waals surface area contributed by atoms with Gasteiger partial charge in [-0.05, 0) is 73.3 Å². The van der Waals surface area contributed by atoms with Gasteiger partial charge in [-0.3, -0.25) is 9.13 Å². The van der Waals surface area contributed by atoms with E-state index in [0.717, 1.165) is 19.3 Å². The Labute approximate surface area is 213 Å². The molecular formula is C23H33ClN5O6P.